The molecule has 1 N–H and O–H groups in total. The van der Waals surface area contributed by atoms with Crippen LogP contribution in [0, 0.1) is 0 Å². The number of carboxylic acid groups (broad SMARTS) is 1. The first kappa shape index (κ1) is 15.3. The Bertz CT molecular complexity index is 522. The Balaban J connectivity index is 1.80. The molecule has 0 saturated heterocycles. The number of rotatable bonds is 7. The lowest BCUT2D eigenvalue weighted by atomic mass is 10.0. The Morgan fingerprint density at radius 2 is 1.95 bits per heavy atom. The zero-order valence-electron chi connectivity index (χ0n) is 12.1. The van der Waals surface area contributed by atoms with Crippen LogP contribution in [0.15, 0.2) is 42.0 Å². The number of hydrogen-bond donors (Lipinski definition) is 1. The maximum atomic E-state index is 12.2. The molecule has 112 valence electrons. The van der Waals surface area contributed by atoms with Crippen molar-refractivity contribution < 1.29 is 14.7 Å². The Labute approximate surface area is 125 Å². The van der Waals surface area contributed by atoms with Crippen LogP contribution in [0.5, 0.6) is 0 Å². The number of benzene rings is 1. The molecule has 1 aliphatic heterocycles. The van der Waals surface area contributed by atoms with Gasteiger partial charge >= 0.3 is 5.97 Å². The maximum Gasteiger partial charge on any atom is 0.303 e. The minimum atomic E-state index is -0.857. The fourth-order valence-corrected chi connectivity index (χ4v) is 2.57. The summed E-state index contributed by atoms with van der Waals surface area (Å²) in [6.07, 6.45) is 4.96. The van der Waals surface area contributed by atoms with Crippen molar-refractivity contribution in [1.82, 2.24) is 4.90 Å². The molecule has 2 rings (SSSR count). The quantitative estimate of drug-likeness (QED) is 0.838. The molecule has 1 aliphatic rings. The van der Waals surface area contributed by atoms with Gasteiger partial charge in [0.15, 0.2) is 0 Å². The van der Waals surface area contributed by atoms with E-state index in [1.165, 1.54) is 5.56 Å². The number of hydrogen-bond acceptors (Lipinski definition) is 2. The van der Waals surface area contributed by atoms with Gasteiger partial charge in [-0.25, -0.2) is 0 Å². The summed E-state index contributed by atoms with van der Waals surface area (Å²) in [5.74, 6) is -0.847. The summed E-state index contributed by atoms with van der Waals surface area (Å²) in [7, 11) is 0. The lowest BCUT2D eigenvalue weighted by Crippen LogP contribution is -2.36. The van der Waals surface area contributed by atoms with E-state index in [0.717, 1.165) is 32.4 Å². The van der Waals surface area contributed by atoms with E-state index in [2.05, 4.69) is 12.1 Å². The van der Waals surface area contributed by atoms with Crippen LogP contribution >= 0.6 is 0 Å². The van der Waals surface area contributed by atoms with E-state index >= 15 is 0 Å². The topological polar surface area (TPSA) is 57.6 Å². The van der Waals surface area contributed by atoms with Crippen LogP contribution in [0.2, 0.25) is 0 Å². The van der Waals surface area contributed by atoms with Gasteiger partial charge in [-0.15, -0.1) is 0 Å². The first-order chi connectivity index (χ1) is 10.2. The van der Waals surface area contributed by atoms with Crippen LogP contribution in [-0.2, 0) is 16.0 Å². The zero-order chi connectivity index (χ0) is 15.1. The van der Waals surface area contributed by atoms with Crippen molar-refractivity contribution >= 4 is 11.9 Å². The molecule has 0 aliphatic carbocycles. The van der Waals surface area contributed by atoms with E-state index in [1.807, 2.05) is 29.2 Å². The minimum absolute atomic E-state index is 0.00978. The molecule has 4 nitrogen and oxygen atoms in total. The Morgan fingerprint density at radius 3 is 2.67 bits per heavy atom. The number of aliphatic carboxylic acids is 1. The van der Waals surface area contributed by atoms with Crippen LogP contribution < -0.4 is 0 Å². The zero-order valence-corrected chi connectivity index (χ0v) is 12.1. The van der Waals surface area contributed by atoms with Gasteiger partial charge in [0, 0.05) is 25.1 Å². The molecule has 0 spiro atoms. The largest absolute Gasteiger partial charge is 0.481 e. The molecule has 1 aromatic rings. The number of amides is 1. The monoisotopic (exact) mass is 287 g/mol. The number of aryl methyl sites for hydroxylation is 1. The first-order valence-electron chi connectivity index (χ1n) is 7.41. The third kappa shape index (κ3) is 4.74. The summed E-state index contributed by atoms with van der Waals surface area (Å²) in [6.45, 7) is 1.47. The smallest absolute Gasteiger partial charge is 0.303 e. The van der Waals surface area contributed by atoms with E-state index in [1.54, 1.807) is 0 Å². The van der Waals surface area contributed by atoms with E-state index in [9.17, 15) is 9.59 Å². The number of carbonyl (C=O) groups is 2. The lowest BCUT2D eigenvalue weighted by Gasteiger charge is -2.27. The van der Waals surface area contributed by atoms with Crippen molar-refractivity contribution in [3.63, 3.8) is 0 Å². The standard InChI is InChI=1S/C17H21NO3/c19-16(20)11-10-15-9-5-13-18(17(15)21)12-4-8-14-6-2-1-3-7-14/h1-3,6-7,9H,4-5,8,10-13H2,(H,19,20). The normalized spacial score (nSPS) is 15.0. The van der Waals surface area contributed by atoms with Crippen molar-refractivity contribution in [1.29, 1.82) is 0 Å². The van der Waals surface area contributed by atoms with Crippen LogP contribution in [0.25, 0.3) is 0 Å². The molecule has 0 radical (unpaired) electrons. The Morgan fingerprint density at radius 1 is 1.19 bits per heavy atom. The van der Waals surface area contributed by atoms with Crippen LogP contribution in [-0.4, -0.2) is 35.0 Å². The fourth-order valence-electron chi connectivity index (χ4n) is 2.57. The predicted octanol–water partition coefficient (Wildman–Crippen LogP) is 2.64. The van der Waals surface area contributed by atoms with Gasteiger partial charge in [-0.2, -0.15) is 0 Å². The summed E-state index contributed by atoms with van der Waals surface area (Å²) in [5, 5.41) is 8.71. The molecule has 0 unspecified atom stereocenters. The fraction of sp³-hybridized carbons (Fsp3) is 0.412. The van der Waals surface area contributed by atoms with E-state index in [0.29, 0.717) is 12.0 Å². The van der Waals surface area contributed by atoms with Gasteiger partial charge in [0.2, 0.25) is 5.91 Å². The second-order valence-electron chi connectivity index (χ2n) is 5.29. The van der Waals surface area contributed by atoms with Gasteiger partial charge in [0.25, 0.3) is 0 Å². The van der Waals surface area contributed by atoms with E-state index in [4.69, 9.17) is 5.11 Å². The van der Waals surface area contributed by atoms with Gasteiger partial charge in [0.05, 0.1) is 0 Å². The molecule has 4 heteroatoms. The van der Waals surface area contributed by atoms with Crippen molar-refractivity contribution in [2.75, 3.05) is 13.1 Å². The Kier molecular flexibility index (Phi) is 5.55. The van der Waals surface area contributed by atoms with Crippen LogP contribution in [0.1, 0.15) is 31.2 Å². The second-order valence-corrected chi connectivity index (χ2v) is 5.29. The van der Waals surface area contributed by atoms with Crippen molar-refractivity contribution in [3.05, 3.63) is 47.5 Å². The molecular formula is C17H21NO3. The predicted molar refractivity (Wildman–Crippen MR) is 80.9 cm³/mol. The van der Waals surface area contributed by atoms with Crippen LogP contribution in [0.3, 0.4) is 0 Å². The highest BCUT2D eigenvalue weighted by molar-refractivity contribution is 5.94. The average Bonchev–Trinajstić information content (AvgIpc) is 2.49. The van der Waals surface area contributed by atoms with Gasteiger partial charge < -0.3 is 10.0 Å². The molecule has 21 heavy (non-hydrogen) atoms. The molecule has 0 atom stereocenters. The summed E-state index contributed by atoms with van der Waals surface area (Å²) >= 11 is 0. The summed E-state index contributed by atoms with van der Waals surface area (Å²) in [4.78, 5) is 24.7. The van der Waals surface area contributed by atoms with Gasteiger partial charge in [-0.05, 0) is 31.2 Å². The van der Waals surface area contributed by atoms with Crippen molar-refractivity contribution in [3.8, 4) is 0 Å². The number of carbonyl (C=O) groups excluding carboxylic acids is 1. The highest BCUT2D eigenvalue weighted by Crippen LogP contribution is 2.17. The molecule has 1 amide bonds. The first-order valence-corrected chi connectivity index (χ1v) is 7.41. The minimum Gasteiger partial charge on any atom is -0.481 e. The molecule has 1 aromatic carbocycles. The maximum absolute atomic E-state index is 12.2. The summed E-state index contributed by atoms with van der Waals surface area (Å²) < 4.78 is 0. The molecule has 0 fully saturated rings. The van der Waals surface area contributed by atoms with Crippen molar-refractivity contribution in [2.24, 2.45) is 0 Å². The van der Waals surface area contributed by atoms with Crippen LogP contribution in [0.4, 0.5) is 0 Å². The SMILES string of the molecule is O=C(O)CCC1=CCCN(CCCc2ccccc2)C1=O. The molecule has 0 aromatic heterocycles. The highest BCUT2D eigenvalue weighted by atomic mass is 16.4. The molecule has 0 bridgehead atoms. The molecular weight excluding hydrogens is 266 g/mol. The third-order valence-corrected chi connectivity index (χ3v) is 3.70. The number of nitrogens with zero attached hydrogens (tertiary/aromatic N) is 1. The second kappa shape index (κ2) is 7.62. The van der Waals surface area contributed by atoms with E-state index < -0.39 is 5.97 Å². The Hall–Kier alpha value is -2.10. The third-order valence-electron chi connectivity index (χ3n) is 3.70. The lowest BCUT2D eigenvalue weighted by molar-refractivity contribution is -0.137. The highest BCUT2D eigenvalue weighted by Gasteiger charge is 2.21. The molecule has 1 heterocycles. The number of carboxylic acids is 1. The summed E-state index contributed by atoms with van der Waals surface area (Å²) in [5.41, 5.74) is 1.94. The average molecular weight is 287 g/mol. The summed E-state index contributed by atoms with van der Waals surface area (Å²) in [6, 6.07) is 10.2. The van der Waals surface area contributed by atoms with Crippen molar-refractivity contribution in [2.45, 2.75) is 32.1 Å². The van der Waals surface area contributed by atoms with Gasteiger partial charge in [-0.3, -0.25) is 9.59 Å². The van der Waals surface area contributed by atoms with Gasteiger partial charge in [-0.1, -0.05) is 36.4 Å². The van der Waals surface area contributed by atoms with E-state index in [-0.39, 0.29) is 12.3 Å². The van der Waals surface area contributed by atoms with Gasteiger partial charge in [0.1, 0.15) is 0 Å². The molecule has 0 saturated carbocycles.